The number of allylic oxidation sites excluding steroid dienone is 1. The van der Waals surface area contributed by atoms with Crippen LogP contribution in [0.4, 0.5) is 0 Å². The van der Waals surface area contributed by atoms with Crippen LogP contribution in [0.5, 0.6) is 5.88 Å². The number of nitrogens with one attached hydrogen (secondary N) is 1. The van der Waals surface area contributed by atoms with Gasteiger partial charge >= 0.3 is 5.69 Å². The van der Waals surface area contributed by atoms with Gasteiger partial charge in [0, 0.05) is 6.54 Å². The van der Waals surface area contributed by atoms with Crippen molar-refractivity contribution in [2.24, 2.45) is 5.92 Å². The van der Waals surface area contributed by atoms with Crippen molar-refractivity contribution in [3.05, 3.63) is 28.8 Å². The van der Waals surface area contributed by atoms with E-state index in [2.05, 4.69) is 11.6 Å². The SMILES string of the molecule is C=CCn1c(O)c(CC(C)C)[nH]c1=O. The first-order valence-electron chi connectivity index (χ1n) is 4.67. The molecule has 0 aliphatic carbocycles. The third-order valence-corrected chi connectivity index (χ3v) is 1.95. The zero-order valence-electron chi connectivity index (χ0n) is 8.58. The fraction of sp³-hybridized carbons (Fsp3) is 0.500. The molecule has 0 radical (unpaired) electrons. The van der Waals surface area contributed by atoms with Crippen LogP contribution < -0.4 is 5.69 Å². The molecule has 0 amide bonds. The Morgan fingerprint density at radius 1 is 1.64 bits per heavy atom. The summed E-state index contributed by atoms with van der Waals surface area (Å²) in [5.74, 6) is 0.430. The van der Waals surface area contributed by atoms with E-state index in [1.807, 2.05) is 13.8 Å². The molecule has 2 N–H and O–H groups in total. The summed E-state index contributed by atoms with van der Waals surface area (Å²) >= 11 is 0. The predicted molar refractivity (Wildman–Crippen MR) is 55.5 cm³/mol. The lowest BCUT2D eigenvalue weighted by Gasteiger charge is -2.02. The maximum Gasteiger partial charge on any atom is 0.328 e. The lowest BCUT2D eigenvalue weighted by molar-refractivity contribution is 0.413. The van der Waals surface area contributed by atoms with Crippen LogP contribution in [0.3, 0.4) is 0 Å². The maximum absolute atomic E-state index is 11.3. The number of aromatic amines is 1. The van der Waals surface area contributed by atoms with Crippen molar-refractivity contribution in [1.29, 1.82) is 0 Å². The van der Waals surface area contributed by atoms with E-state index >= 15 is 0 Å². The average molecular weight is 196 g/mol. The van der Waals surface area contributed by atoms with Crippen molar-refractivity contribution in [1.82, 2.24) is 9.55 Å². The van der Waals surface area contributed by atoms with Crippen LogP contribution in [0.25, 0.3) is 0 Å². The molecule has 0 fully saturated rings. The van der Waals surface area contributed by atoms with Crippen molar-refractivity contribution in [3.8, 4) is 5.88 Å². The summed E-state index contributed by atoms with van der Waals surface area (Å²) in [6.07, 6.45) is 2.25. The minimum Gasteiger partial charge on any atom is -0.493 e. The predicted octanol–water partition coefficient (Wildman–Crippen LogP) is 1.27. The van der Waals surface area contributed by atoms with E-state index in [0.717, 1.165) is 0 Å². The van der Waals surface area contributed by atoms with Gasteiger partial charge in [-0.2, -0.15) is 0 Å². The highest BCUT2D eigenvalue weighted by Crippen LogP contribution is 2.16. The summed E-state index contributed by atoms with van der Waals surface area (Å²) in [5, 5.41) is 9.67. The molecule has 1 rings (SSSR count). The number of rotatable bonds is 4. The highest BCUT2D eigenvalue weighted by atomic mass is 16.3. The molecular formula is C10H16N2O2. The van der Waals surface area contributed by atoms with E-state index < -0.39 is 0 Å². The van der Waals surface area contributed by atoms with E-state index in [-0.39, 0.29) is 11.6 Å². The van der Waals surface area contributed by atoms with Gasteiger partial charge in [0.15, 0.2) is 0 Å². The topological polar surface area (TPSA) is 58.0 Å². The Balaban J connectivity index is 3.03. The van der Waals surface area contributed by atoms with Gasteiger partial charge in [-0.3, -0.25) is 4.57 Å². The molecule has 0 saturated carbocycles. The Kier molecular flexibility index (Phi) is 3.17. The van der Waals surface area contributed by atoms with Gasteiger partial charge in [0.25, 0.3) is 0 Å². The number of aromatic nitrogens is 2. The lowest BCUT2D eigenvalue weighted by atomic mass is 10.1. The zero-order valence-corrected chi connectivity index (χ0v) is 8.58. The minimum atomic E-state index is -0.280. The fourth-order valence-electron chi connectivity index (χ4n) is 1.36. The van der Waals surface area contributed by atoms with E-state index in [1.54, 1.807) is 6.08 Å². The molecular weight excluding hydrogens is 180 g/mol. The number of H-pyrrole nitrogens is 1. The van der Waals surface area contributed by atoms with Gasteiger partial charge < -0.3 is 10.1 Å². The molecule has 4 heteroatoms. The molecule has 0 unspecified atom stereocenters. The molecule has 1 aromatic heterocycles. The smallest absolute Gasteiger partial charge is 0.328 e. The van der Waals surface area contributed by atoms with Crippen LogP contribution in [-0.2, 0) is 13.0 Å². The summed E-state index contributed by atoms with van der Waals surface area (Å²) < 4.78 is 1.27. The molecule has 0 bridgehead atoms. The van der Waals surface area contributed by atoms with Crippen LogP contribution in [0.2, 0.25) is 0 Å². The fourth-order valence-corrected chi connectivity index (χ4v) is 1.36. The van der Waals surface area contributed by atoms with E-state index in [1.165, 1.54) is 4.57 Å². The Morgan fingerprint density at radius 2 is 2.29 bits per heavy atom. The summed E-state index contributed by atoms with van der Waals surface area (Å²) in [6.45, 7) is 7.92. The first-order valence-corrected chi connectivity index (χ1v) is 4.67. The number of nitrogens with zero attached hydrogens (tertiary/aromatic N) is 1. The van der Waals surface area contributed by atoms with Crippen LogP contribution >= 0.6 is 0 Å². The van der Waals surface area contributed by atoms with E-state index in [9.17, 15) is 9.90 Å². The average Bonchev–Trinajstić information content (AvgIpc) is 2.32. The molecule has 4 nitrogen and oxygen atoms in total. The second-order valence-corrected chi connectivity index (χ2v) is 3.73. The molecule has 0 aliphatic rings. The normalized spacial score (nSPS) is 10.8. The summed E-state index contributed by atoms with van der Waals surface area (Å²) in [4.78, 5) is 14.0. The molecule has 0 aliphatic heterocycles. The molecule has 0 spiro atoms. The second-order valence-electron chi connectivity index (χ2n) is 3.73. The quantitative estimate of drug-likeness (QED) is 0.712. The maximum atomic E-state index is 11.3. The molecule has 0 atom stereocenters. The monoisotopic (exact) mass is 196 g/mol. The third-order valence-electron chi connectivity index (χ3n) is 1.95. The van der Waals surface area contributed by atoms with Gasteiger partial charge in [0.05, 0.1) is 5.69 Å². The Hall–Kier alpha value is -1.45. The molecule has 0 aromatic carbocycles. The van der Waals surface area contributed by atoms with Crippen molar-refractivity contribution in [2.45, 2.75) is 26.8 Å². The van der Waals surface area contributed by atoms with Crippen molar-refractivity contribution >= 4 is 0 Å². The van der Waals surface area contributed by atoms with Gasteiger partial charge in [-0.15, -0.1) is 6.58 Å². The number of hydrogen-bond donors (Lipinski definition) is 2. The van der Waals surface area contributed by atoms with E-state index in [4.69, 9.17) is 0 Å². The third kappa shape index (κ3) is 2.07. The van der Waals surface area contributed by atoms with Crippen LogP contribution in [0, 0.1) is 5.92 Å². The number of imidazole rings is 1. The van der Waals surface area contributed by atoms with Gasteiger partial charge in [-0.1, -0.05) is 19.9 Å². The highest BCUT2D eigenvalue weighted by Gasteiger charge is 2.12. The largest absolute Gasteiger partial charge is 0.493 e. The van der Waals surface area contributed by atoms with Crippen LogP contribution in [0.1, 0.15) is 19.5 Å². The Bertz CT molecular complexity index is 374. The standard InChI is InChI=1S/C10H16N2O2/c1-4-5-12-9(13)8(6-7(2)3)11-10(12)14/h4,7,13H,1,5-6H2,2-3H3,(H,11,14). The van der Waals surface area contributed by atoms with Gasteiger partial charge in [-0.25, -0.2) is 4.79 Å². The van der Waals surface area contributed by atoms with Crippen LogP contribution in [-0.4, -0.2) is 14.7 Å². The molecule has 78 valence electrons. The lowest BCUT2D eigenvalue weighted by Crippen LogP contribution is -2.15. The Labute approximate surface area is 82.9 Å². The summed E-state index contributed by atoms with van der Waals surface area (Å²) in [5.41, 5.74) is 0.324. The molecule has 0 saturated heterocycles. The summed E-state index contributed by atoms with van der Waals surface area (Å²) in [6, 6.07) is 0. The van der Waals surface area contributed by atoms with Crippen molar-refractivity contribution < 1.29 is 5.11 Å². The molecule has 1 aromatic rings. The number of hydrogen-bond acceptors (Lipinski definition) is 2. The Morgan fingerprint density at radius 3 is 2.79 bits per heavy atom. The molecule has 14 heavy (non-hydrogen) atoms. The first-order chi connectivity index (χ1) is 6.56. The van der Waals surface area contributed by atoms with Crippen molar-refractivity contribution in [3.63, 3.8) is 0 Å². The van der Waals surface area contributed by atoms with Crippen molar-refractivity contribution in [2.75, 3.05) is 0 Å². The van der Waals surface area contributed by atoms with E-state index in [0.29, 0.717) is 24.6 Å². The second kappa shape index (κ2) is 4.17. The minimum absolute atomic E-state index is 0.0311. The van der Waals surface area contributed by atoms with Gasteiger partial charge in [-0.05, 0) is 12.3 Å². The highest BCUT2D eigenvalue weighted by molar-refractivity contribution is 5.19. The van der Waals surface area contributed by atoms with Crippen LogP contribution in [0.15, 0.2) is 17.4 Å². The van der Waals surface area contributed by atoms with Gasteiger partial charge in [0.2, 0.25) is 5.88 Å². The molecule has 1 heterocycles. The summed E-state index contributed by atoms with van der Waals surface area (Å²) in [7, 11) is 0. The first kappa shape index (κ1) is 10.6. The van der Waals surface area contributed by atoms with Gasteiger partial charge in [0.1, 0.15) is 0 Å². The zero-order chi connectivity index (χ0) is 10.7. The number of aromatic hydroxyl groups is 1.